The molecule has 0 fully saturated rings. The highest BCUT2D eigenvalue weighted by Crippen LogP contribution is 2.30. The first-order valence-corrected chi connectivity index (χ1v) is 8.79. The highest BCUT2D eigenvalue weighted by Gasteiger charge is 2.18. The van der Waals surface area contributed by atoms with Gasteiger partial charge in [0.2, 0.25) is 0 Å². The number of nitrogens with one attached hydrogen (secondary N) is 1. The lowest BCUT2D eigenvalue weighted by molar-refractivity contribution is 0.203. The third-order valence-corrected chi connectivity index (χ3v) is 4.89. The minimum absolute atomic E-state index is 0.238. The molecule has 2 aromatic rings. The number of nitrogens with zero attached hydrogens (tertiary/aromatic N) is 1. The van der Waals surface area contributed by atoms with Gasteiger partial charge in [0.25, 0.3) is 0 Å². The van der Waals surface area contributed by atoms with E-state index in [1.54, 1.807) is 38.3 Å². The van der Waals surface area contributed by atoms with E-state index in [1.807, 2.05) is 31.2 Å². The van der Waals surface area contributed by atoms with Gasteiger partial charge in [0.15, 0.2) is 0 Å². The maximum absolute atomic E-state index is 12.5. The van der Waals surface area contributed by atoms with Crippen LogP contribution in [0.3, 0.4) is 0 Å². The summed E-state index contributed by atoms with van der Waals surface area (Å²) in [6, 6.07) is 10.3. The van der Waals surface area contributed by atoms with Gasteiger partial charge in [-0.3, -0.25) is 0 Å². The summed E-state index contributed by atoms with van der Waals surface area (Å²) >= 11 is 12.2. The van der Waals surface area contributed by atoms with Crippen LogP contribution in [0.4, 0.5) is 4.79 Å². The van der Waals surface area contributed by atoms with Gasteiger partial charge in [-0.2, -0.15) is 0 Å². The fraction of sp³-hybridized carbons (Fsp3) is 0.316. The molecule has 0 heterocycles. The Bertz CT molecular complexity index is 783. The number of hydrogen-bond donors (Lipinski definition) is 1. The van der Waals surface area contributed by atoms with Crippen molar-refractivity contribution in [3.63, 3.8) is 0 Å². The largest absolute Gasteiger partial charge is 0.497 e. The van der Waals surface area contributed by atoms with E-state index in [0.717, 1.165) is 11.1 Å². The monoisotopic (exact) mass is 396 g/mol. The molecule has 2 rings (SSSR count). The van der Waals surface area contributed by atoms with Crippen LogP contribution < -0.4 is 14.8 Å². The van der Waals surface area contributed by atoms with E-state index in [4.69, 9.17) is 32.7 Å². The Morgan fingerprint density at radius 3 is 2.58 bits per heavy atom. The van der Waals surface area contributed by atoms with Crippen molar-refractivity contribution in [2.24, 2.45) is 0 Å². The van der Waals surface area contributed by atoms with Crippen LogP contribution in [0.1, 0.15) is 24.1 Å². The van der Waals surface area contributed by atoms with Crippen molar-refractivity contribution >= 4 is 29.2 Å². The van der Waals surface area contributed by atoms with Gasteiger partial charge in [-0.1, -0.05) is 35.3 Å². The van der Waals surface area contributed by atoms with Crippen LogP contribution >= 0.6 is 23.2 Å². The van der Waals surface area contributed by atoms with E-state index in [0.29, 0.717) is 28.1 Å². The number of hydrogen-bond acceptors (Lipinski definition) is 3. The lowest BCUT2D eigenvalue weighted by Gasteiger charge is -2.23. The number of urea groups is 1. The molecule has 0 bridgehead atoms. The molecule has 5 nitrogen and oxygen atoms in total. The van der Waals surface area contributed by atoms with Crippen LogP contribution in [0.25, 0.3) is 0 Å². The van der Waals surface area contributed by atoms with Crippen molar-refractivity contribution in [1.29, 1.82) is 0 Å². The Hall–Kier alpha value is -2.11. The highest BCUT2D eigenvalue weighted by molar-refractivity contribution is 6.42. The van der Waals surface area contributed by atoms with Gasteiger partial charge < -0.3 is 19.7 Å². The van der Waals surface area contributed by atoms with Gasteiger partial charge in [0.05, 0.1) is 30.3 Å². The van der Waals surface area contributed by atoms with Crippen LogP contribution in [0.5, 0.6) is 11.5 Å². The maximum atomic E-state index is 12.5. The first-order valence-electron chi connectivity index (χ1n) is 8.03. The molecule has 7 heteroatoms. The molecule has 0 spiro atoms. The molecular weight excluding hydrogens is 375 g/mol. The molecule has 0 aromatic heterocycles. The van der Waals surface area contributed by atoms with Crippen molar-refractivity contribution in [3.05, 3.63) is 57.6 Å². The van der Waals surface area contributed by atoms with Crippen LogP contribution in [-0.4, -0.2) is 32.2 Å². The predicted octanol–water partition coefficient (Wildman–Crippen LogP) is 4.91. The predicted molar refractivity (Wildman–Crippen MR) is 104 cm³/mol. The molecule has 1 unspecified atom stereocenters. The van der Waals surface area contributed by atoms with E-state index >= 15 is 0 Å². The molecule has 140 valence electrons. The van der Waals surface area contributed by atoms with E-state index < -0.39 is 0 Å². The average Bonchev–Trinajstić information content (AvgIpc) is 2.64. The van der Waals surface area contributed by atoms with Crippen LogP contribution in [0.15, 0.2) is 36.4 Å². The Kier molecular flexibility index (Phi) is 7.00. The van der Waals surface area contributed by atoms with E-state index in [9.17, 15) is 4.79 Å². The Balaban J connectivity index is 2.10. The number of amides is 2. The molecular formula is C19H22Cl2N2O3. The molecule has 0 aliphatic heterocycles. The van der Waals surface area contributed by atoms with Crippen molar-refractivity contribution in [2.75, 3.05) is 21.3 Å². The molecule has 2 amide bonds. The molecule has 26 heavy (non-hydrogen) atoms. The van der Waals surface area contributed by atoms with Crippen molar-refractivity contribution < 1.29 is 14.3 Å². The van der Waals surface area contributed by atoms with E-state index in [1.165, 1.54) is 0 Å². The topological polar surface area (TPSA) is 50.8 Å². The third kappa shape index (κ3) is 4.74. The van der Waals surface area contributed by atoms with Gasteiger partial charge >= 0.3 is 6.03 Å². The van der Waals surface area contributed by atoms with Crippen molar-refractivity contribution in [1.82, 2.24) is 10.2 Å². The quantitative estimate of drug-likeness (QED) is 0.753. The number of carbonyl (C=O) groups excluding carboxylic acids is 1. The summed E-state index contributed by atoms with van der Waals surface area (Å²) in [4.78, 5) is 14.1. The summed E-state index contributed by atoms with van der Waals surface area (Å²) in [5.74, 6) is 1.38. The summed E-state index contributed by atoms with van der Waals surface area (Å²) < 4.78 is 10.6. The molecule has 0 aliphatic rings. The van der Waals surface area contributed by atoms with Crippen LogP contribution in [0, 0.1) is 0 Å². The molecule has 1 N–H and O–H groups in total. The lowest BCUT2D eigenvalue weighted by atomic mass is 10.1. The Morgan fingerprint density at radius 2 is 1.92 bits per heavy atom. The number of halogens is 2. The van der Waals surface area contributed by atoms with Crippen LogP contribution in [0.2, 0.25) is 10.0 Å². The number of carbonyl (C=O) groups is 1. The highest BCUT2D eigenvalue weighted by atomic mass is 35.5. The Morgan fingerprint density at radius 1 is 1.19 bits per heavy atom. The summed E-state index contributed by atoms with van der Waals surface area (Å²) in [5.41, 5.74) is 1.61. The van der Waals surface area contributed by atoms with Crippen molar-refractivity contribution in [3.8, 4) is 11.5 Å². The summed E-state index contributed by atoms with van der Waals surface area (Å²) in [6.45, 7) is 2.22. The first kappa shape index (κ1) is 20.2. The molecule has 0 saturated carbocycles. The first-order chi connectivity index (χ1) is 12.4. The second kappa shape index (κ2) is 9.01. The van der Waals surface area contributed by atoms with Gasteiger partial charge in [0, 0.05) is 19.2 Å². The van der Waals surface area contributed by atoms with Gasteiger partial charge in [-0.05, 0) is 36.8 Å². The number of benzene rings is 2. The van der Waals surface area contributed by atoms with Gasteiger partial charge in [-0.25, -0.2) is 4.79 Å². The zero-order valence-electron chi connectivity index (χ0n) is 15.2. The molecule has 0 saturated heterocycles. The van der Waals surface area contributed by atoms with E-state index in [2.05, 4.69) is 5.32 Å². The summed E-state index contributed by atoms with van der Waals surface area (Å²) in [5, 5.41) is 3.87. The minimum Gasteiger partial charge on any atom is -0.497 e. The second-order valence-corrected chi connectivity index (χ2v) is 6.63. The number of ether oxygens (including phenoxy) is 2. The zero-order valence-corrected chi connectivity index (χ0v) is 16.7. The standard InChI is InChI=1S/C19H22Cl2N2O3/c1-12(15-10-14(25-3)8-9-17(15)26-4)22-19(24)23(2)11-13-6-5-7-16(20)18(13)21/h5-10,12H,11H2,1-4H3,(H,22,24). The molecule has 0 radical (unpaired) electrons. The normalized spacial score (nSPS) is 11.6. The Labute approximate surface area is 163 Å². The summed E-state index contributed by atoms with van der Waals surface area (Å²) in [6.07, 6.45) is 0. The molecule has 0 aliphatic carbocycles. The average molecular weight is 397 g/mol. The van der Waals surface area contributed by atoms with Crippen molar-refractivity contribution in [2.45, 2.75) is 19.5 Å². The molecule has 2 aromatic carbocycles. The fourth-order valence-electron chi connectivity index (χ4n) is 2.55. The van der Waals surface area contributed by atoms with Crippen LogP contribution in [-0.2, 0) is 6.54 Å². The smallest absolute Gasteiger partial charge is 0.317 e. The zero-order chi connectivity index (χ0) is 19.3. The SMILES string of the molecule is COc1ccc(OC)c(C(C)NC(=O)N(C)Cc2cccc(Cl)c2Cl)c1. The summed E-state index contributed by atoms with van der Waals surface area (Å²) in [7, 11) is 4.88. The fourth-order valence-corrected chi connectivity index (χ4v) is 2.93. The molecule has 1 atom stereocenters. The maximum Gasteiger partial charge on any atom is 0.317 e. The van der Waals surface area contributed by atoms with Gasteiger partial charge in [-0.15, -0.1) is 0 Å². The van der Waals surface area contributed by atoms with E-state index in [-0.39, 0.29) is 12.1 Å². The minimum atomic E-state index is -0.273. The number of methoxy groups -OCH3 is 2. The third-order valence-electron chi connectivity index (χ3n) is 4.03. The number of rotatable bonds is 6. The van der Waals surface area contributed by atoms with Gasteiger partial charge in [0.1, 0.15) is 11.5 Å². The second-order valence-electron chi connectivity index (χ2n) is 5.85. The lowest BCUT2D eigenvalue weighted by Crippen LogP contribution is -2.38.